The van der Waals surface area contributed by atoms with Crippen LogP contribution < -0.4 is 5.73 Å². The Bertz CT molecular complexity index is 419. The zero-order chi connectivity index (χ0) is 12.0. The highest BCUT2D eigenvalue weighted by Crippen LogP contribution is 2.64. The molecule has 0 aromatic heterocycles. The van der Waals surface area contributed by atoms with Gasteiger partial charge in [-0.3, -0.25) is 0 Å². The van der Waals surface area contributed by atoms with E-state index < -0.39 is 0 Å². The highest BCUT2D eigenvalue weighted by atomic mass is 79.9. The molecule has 2 unspecified atom stereocenters. The largest absolute Gasteiger partial charge is 0.396 e. The molecule has 1 saturated carbocycles. The molecule has 2 atom stereocenters. The number of nitrogens with two attached hydrogens (primary N) is 1. The standard InChI is InChI=1S/C12H15BrFNO/c1-11(5-12(11,6-15)7-16)9-3-2-8(13)4-10(9)14/h2-4,16H,5-7,15H2,1H3. The van der Waals surface area contributed by atoms with E-state index in [1.54, 1.807) is 6.07 Å². The third kappa shape index (κ3) is 1.51. The average Bonchev–Trinajstić information content (AvgIpc) is 2.85. The Morgan fingerprint density at radius 2 is 2.25 bits per heavy atom. The quantitative estimate of drug-likeness (QED) is 0.895. The maximum Gasteiger partial charge on any atom is 0.128 e. The minimum absolute atomic E-state index is 0.00943. The van der Waals surface area contributed by atoms with Crippen molar-refractivity contribution in [2.75, 3.05) is 13.2 Å². The van der Waals surface area contributed by atoms with Gasteiger partial charge in [0.25, 0.3) is 0 Å². The molecule has 2 rings (SSSR count). The van der Waals surface area contributed by atoms with Crippen LogP contribution in [0.4, 0.5) is 4.39 Å². The number of aliphatic hydroxyl groups excluding tert-OH is 1. The number of aliphatic hydroxyl groups is 1. The van der Waals surface area contributed by atoms with Gasteiger partial charge in [-0.05, 0) is 24.1 Å². The van der Waals surface area contributed by atoms with Gasteiger partial charge in [0.1, 0.15) is 5.82 Å². The summed E-state index contributed by atoms with van der Waals surface area (Å²) in [5.74, 6) is -0.236. The van der Waals surface area contributed by atoms with Crippen molar-refractivity contribution < 1.29 is 9.50 Å². The lowest BCUT2D eigenvalue weighted by molar-refractivity contribution is 0.197. The van der Waals surface area contributed by atoms with Gasteiger partial charge in [0.05, 0.1) is 6.61 Å². The number of benzene rings is 1. The molecule has 0 heterocycles. The molecule has 16 heavy (non-hydrogen) atoms. The monoisotopic (exact) mass is 287 g/mol. The minimum atomic E-state index is -0.346. The second kappa shape index (κ2) is 3.79. The molecular formula is C12H15BrFNO. The summed E-state index contributed by atoms with van der Waals surface area (Å²) in [6.45, 7) is 2.35. The Labute approximate surface area is 103 Å². The van der Waals surface area contributed by atoms with Gasteiger partial charge >= 0.3 is 0 Å². The maximum atomic E-state index is 13.8. The van der Waals surface area contributed by atoms with Gasteiger partial charge in [-0.25, -0.2) is 4.39 Å². The fourth-order valence-electron chi connectivity index (χ4n) is 2.54. The Kier molecular flexibility index (Phi) is 2.85. The maximum absolute atomic E-state index is 13.8. The fourth-order valence-corrected chi connectivity index (χ4v) is 2.88. The van der Waals surface area contributed by atoms with E-state index in [1.807, 2.05) is 13.0 Å². The highest BCUT2D eigenvalue weighted by Gasteiger charge is 2.64. The summed E-state index contributed by atoms with van der Waals surface area (Å²) in [7, 11) is 0. The third-order valence-electron chi connectivity index (χ3n) is 3.96. The van der Waals surface area contributed by atoms with Crippen molar-refractivity contribution >= 4 is 15.9 Å². The SMILES string of the molecule is CC1(c2ccc(Br)cc2F)CC1(CN)CO. The number of hydrogen-bond acceptors (Lipinski definition) is 2. The van der Waals surface area contributed by atoms with E-state index in [0.717, 1.165) is 10.9 Å². The van der Waals surface area contributed by atoms with Crippen molar-refractivity contribution in [1.82, 2.24) is 0 Å². The van der Waals surface area contributed by atoms with Gasteiger partial charge in [-0.15, -0.1) is 0 Å². The summed E-state index contributed by atoms with van der Waals surface area (Å²) in [4.78, 5) is 0. The van der Waals surface area contributed by atoms with Gasteiger partial charge < -0.3 is 10.8 Å². The Morgan fingerprint density at radius 1 is 1.56 bits per heavy atom. The molecule has 0 saturated heterocycles. The van der Waals surface area contributed by atoms with Gasteiger partial charge in [0.2, 0.25) is 0 Å². The van der Waals surface area contributed by atoms with Crippen LogP contribution in [0.1, 0.15) is 18.9 Å². The van der Waals surface area contributed by atoms with Crippen LogP contribution >= 0.6 is 15.9 Å². The van der Waals surface area contributed by atoms with Crippen LogP contribution in [0.2, 0.25) is 0 Å². The Hall–Kier alpha value is -0.450. The molecule has 2 nitrogen and oxygen atoms in total. The fraction of sp³-hybridized carbons (Fsp3) is 0.500. The average molecular weight is 288 g/mol. The first-order valence-corrected chi connectivity index (χ1v) is 6.05. The number of rotatable bonds is 3. The molecule has 1 aliphatic rings. The number of halogens is 2. The lowest BCUT2D eigenvalue weighted by Crippen LogP contribution is -2.28. The van der Waals surface area contributed by atoms with E-state index in [4.69, 9.17) is 5.73 Å². The minimum Gasteiger partial charge on any atom is -0.396 e. The van der Waals surface area contributed by atoms with Gasteiger partial charge in [-0.2, -0.15) is 0 Å². The van der Waals surface area contributed by atoms with E-state index >= 15 is 0 Å². The first kappa shape index (κ1) is 12.0. The summed E-state index contributed by atoms with van der Waals surface area (Å²) >= 11 is 3.23. The Morgan fingerprint density at radius 3 is 2.69 bits per heavy atom. The summed E-state index contributed by atoms with van der Waals surface area (Å²) < 4.78 is 14.6. The molecule has 0 spiro atoms. The predicted octanol–water partition coefficient (Wildman–Crippen LogP) is 2.19. The second-order valence-corrected chi connectivity index (χ2v) is 5.69. The molecule has 4 heteroatoms. The zero-order valence-electron chi connectivity index (χ0n) is 9.13. The van der Waals surface area contributed by atoms with E-state index in [2.05, 4.69) is 15.9 Å². The summed E-state index contributed by atoms with van der Waals surface area (Å²) in [5, 5.41) is 9.39. The molecule has 1 fully saturated rings. The van der Waals surface area contributed by atoms with Crippen LogP contribution in [0.15, 0.2) is 22.7 Å². The molecule has 0 aliphatic heterocycles. The van der Waals surface area contributed by atoms with Gasteiger partial charge in [-0.1, -0.05) is 28.9 Å². The highest BCUT2D eigenvalue weighted by molar-refractivity contribution is 9.10. The summed E-state index contributed by atoms with van der Waals surface area (Å²) in [5.41, 5.74) is 5.65. The smallest absolute Gasteiger partial charge is 0.128 e. The van der Waals surface area contributed by atoms with Crippen molar-refractivity contribution in [3.63, 3.8) is 0 Å². The van der Waals surface area contributed by atoms with Crippen molar-refractivity contribution in [2.24, 2.45) is 11.1 Å². The first-order valence-electron chi connectivity index (χ1n) is 5.25. The molecule has 0 bridgehead atoms. The molecule has 1 aliphatic carbocycles. The van der Waals surface area contributed by atoms with Crippen LogP contribution in [0.25, 0.3) is 0 Å². The molecule has 0 amide bonds. The second-order valence-electron chi connectivity index (χ2n) is 4.78. The third-order valence-corrected chi connectivity index (χ3v) is 4.45. The van der Waals surface area contributed by atoms with Crippen molar-refractivity contribution in [2.45, 2.75) is 18.8 Å². The van der Waals surface area contributed by atoms with E-state index in [-0.39, 0.29) is 23.3 Å². The lowest BCUT2D eigenvalue weighted by atomic mass is 9.88. The van der Waals surface area contributed by atoms with Crippen LogP contribution in [0, 0.1) is 11.2 Å². The van der Waals surface area contributed by atoms with Crippen LogP contribution in [-0.2, 0) is 5.41 Å². The van der Waals surface area contributed by atoms with E-state index in [0.29, 0.717) is 12.1 Å². The topological polar surface area (TPSA) is 46.2 Å². The van der Waals surface area contributed by atoms with Crippen LogP contribution in [0.5, 0.6) is 0 Å². The van der Waals surface area contributed by atoms with Crippen molar-refractivity contribution in [3.8, 4) is 0 Å². The molecular weight excluding hydrogens is 273 g/mol. The van der Waals surface area contributed by atoms with Crippen molar-refractivity contribution in [3.05, 3.63) is 34.1 Å². The predicted molar refractivity (Wildman–Crippen MR) is 64.6 cm³/mol. The lowest BCUT2D eigenvalue weighted by Gasteiger charge is -2.20. The summed E-state index contributed by atoms with van der Waals surface area (Å²) in [6.07, 6.45) is 0.742. The molecule has 0 radical (unpaired) electrons. The zero-order valence-corrected chi connectivity index (χ0v) is 10.7. The van der Waals surface area contributed by atoms with Crippen molar-refractivity contribution in [1.29, 1.82) is 0 Å². The first-order chi connectivity index (χ1) is 7.49. The van der Waals surface area contributed by atoms with E-state index in [9.17, 15) is 9.50 Å². The molecule has 3 N–H and O–H groups in total. The Balaban J connectivity index is 2.40. The number of hydrogen-bond donors (Lipinski definition) is 2. The van der Waals surface area contributed by atoms with Crippen LogP contribution in [0.3, 0.4) is 0 Å². The summed E-state index contributed by atoms with van der Waals surface area (Å²) in [6, 6.07) is 5.05. The van der Waals surface area contributed by atoms with Crippen LogP contribution in [-0.4, -0.2) is 18.3 Å². The molecule has 88 valence electrons. The molecule has 1 aromatic rings. The molecule has 1 aromatic carbocycles. The van der Waals surface area contributed by atoms with Gasteiger partial charge in [0.15, 0.2) is 0 Å². The van der Waals surface area contributed by atoms with E-state index in [1.165, 1.54) is 6.07 Å². The normalized spacial score (nSPS) is 32.8. The van der Waals surface area contributed by atoms with Gasteiger partial charge in [0, 0.05) is 21.8 Å².